The molecule has 0 bridgehead atoms. The molecule has 0 aliphatic rings. The van der Waals surface area contributed by atoms with Crippen LogP contribution in [0.1, 0.15) is 19.4 Å². The number of benzene rings is 1. The van der Waals surface area contributed by atoms with Crippen LogP contribution in [0.2, 0.25) is 0 Å². The fourth-order valence-electron chi connectivity index (χ4n) is 1.71. The molecule has 0 spiro atoms. The van der Waals surface area contributed by atoms with Crippen LogP contribution in [-0.4, -0.2) is 30.6 Å². The highest BCUT2D eigenvalue weighted by atomic mass is 32.2. The number of ether oxygens (including phenoxy) is 2. The molecule has 10 nitrogen and oxygen atoms in total. The van der Waals surface area contributed by atoms with Gasteiger partial charge in [-0.25, -0.2) is 0 Å². The lowest BCUT2D eigenvalue weighted by molar-refractivity contribution is -0.756. The molecule has 1 N–H and O–H groups in total. The van der Waals surface area contributed by atoms with Crippen molar-refractivity contribution in [3.63, 3.8) is 0 Å². The van der Waals surface area contributed by atoms with Gasteiger partial charge >= 0.3 is 5.97 Å². The summed E-state index contributed by atoms with van der Waals surface area (Å²) in [6.07, 6.45) is 5.69. The number of hydrogen-bond donors (Lipinski definition) is 1. The van der Waals surface area contributed by atoms with Gasteiger partial charge in [0.2, 0.25) is 0 Å². The molecule has 11 heteroatoms. The summed E-state index contributed by atoms with van der Waals surface area (Å²) in [7, 11) is -4.41. The van der Waals surface area contributed by atoms with Crippen molar-refractivity contribution in [2.45, 2.75) is 13.8 Å². The van der Waals surface area contributed by atoms with Crippen LogP contribution >= 0.6 is 0 Å². The molecule has 0 atom stereocenters. The van der Waals surface area contributed by atoms with Gasteiger partial charge in [0.1, 0.15) is 17.3 Å². The summed E-state index contributed by atoms with van der Waals surface area (Å²) in [5.41, 5.74) is 0.112. The Morgan fingerprint density at radius 2 is 2.04 bits per heavy atom. The molecule has 0 radical (unpaired) electrons. The summed E-state index contributed by atoms with van der Waals surface area (Å²) in [4.78, 5) is 25.8. The summed E-state index contributed by atoms with van der Waals surface area (Å²) < 4.78 is 41.1. The van der Waals surface area contributed by atoms with Gasteiger partial charge in [0, 0.05) is 12.5 Å². The Balaban J connectivity index is 3.20. The van der Waals surface area contributed by atoms with Crippen molar-refractivity contribution in [3.05, 3.63) is 63.3 Å². The van der Waals surface area contributed by atoms with E-state index >= 15 is 0 Å². The largest absolute Gasteiger partial charge is 0.460 e. The van der Waals surface area contributed by atoms with Crippen LogP contribution < -0.4 is 9.47 Å². The van der Waals surface area contributed by atoms with Crippen molar-refractivity contribution in [1.29, 1.82) is 0 Å². The Labute approximate surface area is 155 Å². The van der Waals surface area contributed by atoms with Gasteiger partial charge in [-0.05, 0) is 37.3 Å². The number of carbonyl (C=O) groups excluding carboxylic acids is 1. The first kappa shape index (κ1) is 21.9. The maximum atomic E-state index is 11.2. The molecular formula is C16H17NO9S. The van der Waals surface area contributed by atoms with Crippen LogP contribution in [-0.2, 0) is 19.8 Å². The highest BCUT2D eigenvalue weighted by molar-refractivity contribution is 7.88. The molecule has 0 heterocycles. The molecule has 0 saturated carbocycles. The molecule has 1 aromatic carbocycles. The minimum Gasteiger partial charge on any atom is -0.460 e. The second-order valence-electron chi connectivity index (χ2n) is 4.87. The van der Waals surface area contributed by atoms with Crippen molar-refractivity contribution in [1.82, 2.24) is 0 Å². The molecule has 0 amide bonds. The average Bonchev–Trinajstić information content (AvgIpc) is 2.55. The minimum absolute atomic E-state index is 0.0234. The summed E-state index contributed by atoms with van der Waals surface area (Å²) in [5, 5.41) is 9.89. The second-order valence-corrected chi connectivity index (χ2v) is 6.17. The Kier molecular flexibility index (Phi) is 8.17. The predicted molar refractivity (Wildman–Crippen MR) is 94.8 cm³/mol. The van der Waals surface area contributed by atoms with Crippen molar-refractivity contribution in [2.75, 3.05) is 6.61 Å². The zero-order valence-corrected chi connectivity index (χ0v) is 15.2. The summed E-state index contributed by atoms with van der Waals surface area (Å²) in [6, 6.07) is 4.05. The lowest BCUT2D eigenvalue weighted by atomic mass is 10.2. The monoisotopic (exact) mass is 399 g/mol. The molecule has 1 aromatic rings. The van der Waals surface area contributed by atoms with Crippen LogP contribution in [0.25, 0.3) is 6.08 Å². The Hall–Kier alpha value is -3.18. The van der Waals surface area contributed by atoms with E-state index in [1.54, 1.807) is 19.1 Å². The third kappa shape index (κ3) is 9.18. The second kappa shape index (κ2) is 10.1. The standard InChI is InChI=1S/C16H17NO9S/c1-3-4-5-15(11-24-17(19)20)26-14-6-7-16(25-12(2)18)13(10-14)8-9-27(21,22)23/h3-10H,11H2,1-2H3,(H,21,22,23)/b4-3-,9-8+,15-5-. The van der Waals surface area contributed by atoms with E-state index < -0.39 is 27.8 Å². The Bertz CT molecular complexity index is 885. The summed E-state index contributed by atoms with van der Waals surface area (Å²) in [6.45, 7) is 2.43. The molecule has 0 unspecified atom stereocenters. The molecular weight excluding hydrogens is 382 g/mol. The lowest BCUT2D eigenvalue weighted by Gasteiger charge is -2.12. The van der Waals surface area contributed by atoms with Gasteiger partial charge in [0.25, 0.3) is 15.2 Å². The smallest absolute Gasteiger partial charge is 0.308 e. The van der Waals surface area contributed by atoms with Gasteiger partial charge in [0.15, 0.2) is 6.61 Å². The van der Waals surface area contributed by atoms with Crippen LogP contribution in [0, 0.1) is 10.1 Å². The van der Waals surface area contributed by atoms with Gasteiger partial charge in [-0.3, -0.25) is 9.35 Å². The maximum Gasteiger partial charge on any atom is 0.308 e. The van der Waals surface area contributed by atoms with Gasteiger partial charge in [-0.2, -0.15) is 8.42 Å². The minimum atomic E-state index is -4.41. The van der Waals surface area contributed by atoms with Crippen molar-refractivity contribution in [2.24, 2.45) is 0 Å². The molecule has 0 aliphatic carbocycles. The number of carbonyl (C=O) groups is 1. The third-order valence-corrected chi connectivity index (χ3v) is 3.17. The van der Waals surface area contributed by atoms with Gasteiger partial charge in [0.05, 0.1) is 5.41 Å². The van der Waals surface area contributed by atoms with Gasteiger partial charge in [-0.15, -0.1) is 10.1 Å². The van der Waals surface area contributed by atoms with E-state index in [2.05, 4.69) is 4.84 Å². The SMILES string of the molecule is C/C=C\C=C(\CO[N+](=O)[O-])Oc1ccc(OC(C)=O)c(/C=C/S(=O)(=O)O)c1. The number of nitrogens with zero attached hydrogens (tertiary/aromatic N) is 1. The fourth-order valence-corrected chi connectivity index (χ4v) is 2.03. The van der Waals surface area contributed by atoms with Gasteiger partial charge < -0.3 is 14.3 Å². The first-order valence-corrected chi connectivity index (χ1v) is 8.86. The number of rotatable bonds is 9. The van der Waals surface area contributed by atoms with Crippen molar-refractivity contribution in [3.8, 4) is 11.5 Å². The molecule has 0 saturated heterocycles. The van der Waals surface area contributed by atoms with E-state index in [4.69, 9.17) is 14.0 Å². The molecule has 27 heavy (non-hydrogen) atoms. The molecule has 0 aliphatic heterocycles. The topological polar surface area (TPSA) is 142 Å². The molecule has 0 fully saturated rings. The fraction of sp³-hybridized carbons (Fsp3) is 0.188. The molecule has 146 valence electrons. The van der Waals surface area contributed by atoms with Crippen LogP contribution in [0.3, 0.4) is 0 Å². The number of hydrogen-bond acceptors (Lipinski definition) is 8. The maximum absolute atomic E-state index is 11.2. The van der Waals surface area contributed by atoms with E-state index in [1.807, 2.05) is 0 Å². The van der Waals surface area contributed by atoms with E-state index in [1.165, 1.54) is 24.3 Å². The summed E-state index contributed by atoms with van der Waals surface area (Å²) in [5.74, 6) is -0.369. The summed E-state index contributed by atoms with van der Waals surface area (Å²) >= 11 is 0. The third-order valence-electron chi connectivity index (χ3n) is 2.69. The highest BCUT2D eigenvalue weighted by Crippen LogP contribution is 2.27. The van der Waals surface area contributed by atoms with Crippen molar-refractivity contribution < 1.29 is 37.2 Å². The first-order chi connectivity index (χ1) is 12.6. The predicted octanol–water partition coefficient (Wildman–Crippen LogP) is 2.52. The highest BCUT2D eigenvalue weighted by Gasteiger charge is 2.10. The zero-order valence-electron chi connectivity index (χ0n) is 14.4. The number of allylic oxidation sites excluding steroid dienone is 3. The molecule has 1 rings (SSSR count). The van der Waals surface area contributed by atoms with Crippen LogP contribution in [0.15, 0.2) is 47.6 Å². The number of esters is 1. The first-order valence-electron chi connectivity index (χ1n) is 7.35. The lowest BCUT2D eigenvalue weighted by Crippen LogP contribution is -2.09. The van der Waals surface area contributed by atoms with Crippen molar-refractivity contribution >= 4 is 22.2 Å². The quantitative estimate of drug-likeness (QED) is 0.126. The van der Waals surface area contributed by atoms with Gasteiger partial charge in [-0.1, -0.05) is 12.2 Å². The van der Waals surface area contributed by atoms with E-state index in [0.29, 0.717) is 5.41 Å². The zero-order chi connectivity index (χ0) is 20.4. The Morgan fingerprint density at radius 3 is 2.59 bits per heavy atom. The van der Waals surface area contributed by atoms with Crippen LogP contribution in [0.4, 0.5) is 0 Å². The van der Waals surface area contributed by atoms with Crippen LogP contribution in [0.5, 0.6) is 11.5 Å². The van der Waals surface area contributed by atoms with E-state index in [9.17, 15) is 23.3 Å². The Morgan fingerprint density at radius 1 is 1.33 bits per heavy atom. The van der Waals surface area contributed by atoms with E-state index in [-0.39, 0.29) is 22.8 Å². The average molecular weight is 399 g/mol. The normalized spacial score (nSPS) is 12.3. The molecule has 0 aromatic heterocycles. The van der Waals surface area contributed by atoms with E-state index in [0.717, 1.165) is 13.0 Å².